The van der Waals surface area contributed by atoms with Gasteiger partial charge < -0.3 is 14.6 Å². The van der Waals surface area contributed by atoms with E-state index in [1.54, 1.807) is 60.8 Å². The summed E-state index contributed by atoms with van der Waals surface area (Å²) in [5.74, 6) is 1.01. The van der Waals surface area contributed by atoms with Crippen LogP contribution in [0.2, 0.25) is 5.02 Å². The first-order valence-corrected chi connectivity index (χ1v) is 9.09. The molecule has 0 aliphatic rings. The van der Waals surface area contributed by atoms with E-state index in [0.29, 0.717) is 33.9 Å². The van der Waals surface area contributed by atoms with Gasteiger partial charge in [0.25, 0.3) is 11.8 Å². The van der Waals surface area contributed by atoms with Crippen LogP contribution in [0.15, 0.2) is 77.4 Å². The number of nitrogens with zero attached hydrogens (tertiary/aromatic N) is 3. The highest BCUT2D eigenvalue weighted by atomic mass is 35.5. The molecule has 0 radical (unpaired) electrons. The van der Waals surface area contributed by atoms with Gasteiger partial charge in [0.2, 0.25) is 5.82 Å². The van der Waals surface area contributed by atoms with Gasteiger partial charge in [0.1, 0.15) is 11.4 Å². The van der Waals surface area contributed by atoms with E-state index in [-0.39, 0.29) is 12.5 Å². The molecule has 4 rings (SSSR count). The van der Waals surface area contributed by atoms with E-state index in [4.69, 9.17) is 20.9 Å². The van der Waals surface area contributed by atoms with Crippen molar-refractivity contribution in [2.45, 2.75) is 6.61 Å². The Hall–Kier alpha value is -3.71. The van der Waals surface area contributed by atoms with Crippen molar-refractivity contribution in [3.05, 3.63) is 89.5 Å². The molecule has 0 spiro atoms. The largest absolute Gasteiger partial charge is 0.482 e. The molecular weight excluding hydrogens is 392 g/mol. The van der Waals surface area contributed by atoms with E-state index in [1.165, 1.54) is 0 Å². The lowest BCUT2D eigenvalue weighted by Crippen LogP contribution is -2.13. The molecule has 0 bridgehead atoms. The summed E-state index contributed by atoms with van der Waals surface area (Å²) in [6, 6.07) is 19.4. The lowest BCUT2D eigenvalue weighted by Gasteiger charge is -2.05. The zero-order chi connectivity index (χ0) is 20.1. The first-order chi connectivity index (χ1) is 14.2. The quantitative estimate of drug-likeness (QED) is 0.502. The van der Waals surface area contributed by atoms with Crippen LogP contribution in [-0.4, -0.2) is 21.0 Å². The molecule has 8 heteroatoms. The Labute approximate surface area is 171 Å². The monoisotopic (exact) mass is 406 g/mol. The van der Waals surface area contributed by atoms with E-state index in [2.05, 4.69) is 20.4 Å². The second kappa shape index (κ2) is 8.53. The number of carbonyl (C=O) groups excluding carboxylic acids is 1. The molecular formula is C21H15ClN4O3. The number of amides is 1. The molecule has 2 aromatic carbocycles. The average Bonchev–Trinajstić information content (AvgIpc) is 3.23. The van der Waals surface area contributed by atoms with Gasteiger partial charge in [-0.05, 0) is 48.5 Å². The fourth-order valence-corrected chi connectivity index (χ4v) is 2.72. The molecule has 2 heterocycles. The van der Waals surface area contributed by atoms with Gasteiger partial charge in [0.05, 0.1) is 5.02 Å². The minimum absolute atomic E-state index is 0.106. The predicted molar refractivity (Wildman–Crippen MR) is 108 cm³/mol. The summed E-state index contributed by atoms with van der Waals surface area (Å²) in [7, 11) is 0. The van der Waals surface area contributed by atoms with Gasteiger partial charge in [0.15, 0.2) is 6.61 Å². The highest BCUT2D eigenvalue weighted by Crippen LogP contribution is 2.24. The Morgan fingerprint density at radius 2 is 1.83 bits per heavy atom. The SMILES string of the molecule is O=C(Nc1ccc(-c2noc(COc3ccccc3Cl)n2)cc1)c1ccccn1. The third kappa shape index (κ3) is 4.59. The number of anilines is 1. The Morgan fingerprint density at radius 1 is 1.03 bits per heavy atom. The van der Waals surface area contributed by atoms with Gasteiger partial charge in [-0.1, -0.05) is 35.0 Å². The maximum absolute atomic E-state index is 12.1. The third-order valence-corrected chi connectivity index (χ3v) is 4.27. The van der Waals surface area contributed by atoms with Crippen molar-refractivity contribution in [3.63, 3.8) is 0 Å². The summed E-state index contributed by atoms with van der Waals surface area (Å²) in [6.07, 6.45) is 1.57. The molecule has 0 saturated heterocycles. The molecule has 29 heavy (non-hydrogen) atoms. The minimum Gasteiger partial charge on any atom is -0.482 e. The van der Waals surface area contributed by atoms with Crippen molar-refractivity contribution < 1.29 is 14.1 Å². The van der Waals surface area contributed by atoms with Crippen molar-refractivity contribution in [1.82, 2.24) is 15.1 Å². The van der Waals surface area contributed by atoms with Crippen molar-refractivity contribution in [2.24, 2.45) is 0 Å². The molecule has 0 fully saturated rings. The summed E-state index contributed by atoms with van der Waals surface area (Å²) >= 11 is 6.06. The summed E-state index contributed by atoms with van der Waals surface area (Å²) < 4.78 is 10.8. The van der Waals surface area contributed by atoms with E-state index in [9.17, 15) is 4.79 Å². The van der Waals surface area contributed by atoms with Crippen LogP contribution in [0.5, 0.6) is 5.75 Å². The number of hydrogen-bond donors (Lipinski definition) is 1. The number of nitrogens with one attached hydrogen (secondary N) is 1. The topological polar surface area (TPSA) is 90.1 Å². The van der Waals surface area contributed by atoms with Gasteiger partial charge in [-0.2, -0.15) is 4.98 Å². The number of aromatic nitrogens is 3. The predicted octanol–water partition coefficient (Wildman–Crippen LogP) is 4.62. The number of carbonyl (C=O) groups is 1. The molecule has 1 N–H and O–H groups in total. The van der Waals surface area contributed by atoms with Crippen LogP contribution >= 0.6 is 11.6 Å². The van der Waals surface area contributed by atoms with Gasteiger partial charge in [0, 0.05) is 17.4 Å². The zero-order valence-corrected chi connectivity index (χ0v) is 15.8. The van der Waals surface area contributed by atoms with E-state index in [0.717, 1.165) is 5.56 Å². The number of pyridine rings is 1. The third-order valence-electron chi connectivity index (χ3n) is 3.95. The van der Waals surface area contributed by atoms with Crippen molar-refractivity contribution in [3.8, 4) is 17.1 Å². The van der Waals surface area contributed by atoms with Crippen LogP contribution in [0.4, 0.5) is 5.69 Å². The maximum atomic E-state index is 12.1. The van der Waals surface area contributed by atoms with E-state index >= 15 is 0 Å². The second-order valence-corrected chi connectivity index (χ2v) is 6.38. The summed E-state index contributed by atoms with van der Waals surface area (Å²) in [5.41, 5.74) is 1.72. The molecule has 1 amide bonds. The Kier molecular flexibility index (Phi) is 5.49. The Morgan fingerprint density at radius 3 is 2.59 bits per heavy atom. The lowest BCUT2D eigenvalue weighted by atomic mass is 10.2. The van der Waals surface area contributed by atoms with Crippen LogP contribution in [-0.2, 0) is 6.61 Å². The van der Waals surface area contributed by atoms with Crippen LogP contribution in [0.1, 0.15) is 16.4 Å². The Bertz CT molecular complexity index is 1110. The molecule has 0 aliphatic heterocycles. The van der Waals surface area contributed by atoms with Crippen LogP contribution in [0.25, 0.3) is 11.4 Å². The Balaban J connectivity index is 1.39. The first kappa shape index (κ1) is 18.6. The van der Waals surface area contributed by atoms with Gasteiger partial charge in [-0.15, -0.1) is 0 Å². The molecule has 4 aromatic rings. The van der Waals surface area contributed by atoms with Gasteiger partial charge in [-0.3, -0.25) is 9.78 Å². The molecule has 7 nitrogen and oxygen atoms in total. The van der Waals surface area contributed by atoms with Crippen molar-refractivity contribution in [1.29, 1.82) is 0 Å². The van der Waals surface area contributed by atoms with Crippen molar-refractivity contribution >= 4 is 23.2 Å². The average molecular weight is 407 g/mol. The number of benzene rings is 2. The number of ether oxygens (including phenoxy) is 1. The van der Waals surface area contributed by atoms with Crippen LogP contribution < -0.4 is 10.1 Å². The highest BCUT2D eigenvalue weighted by molar-refractivity contribution is 6.32. The molecule has 0 atom stereocenters. The molecule has 0 unspecified atom stereocenters. The highest BCUT2D eigenvalue weighted by Gasteiger charge is 2.11. The number of halogens is 1. The molecule has 0 aliphatic carbocycles. The zero-order valence-electron chi connectivity index (χ0n) is 15.1. The first-order valence-electron chi connectivity index (χ1n) is 8.72. The van der Waals surface area contributed by atoms with Crippen molar-refractivity contribution in [2.75, 3.05) is 5.32 Å². The maximum Gasteiger partial charge on any atom is 0.274 e. The smallest absolute Gasteiger partial charge is 0.274 e. The minimum atomic E-state index is -0.281. The van der Waals surface area contributed by atoms with E-state index < -0.39 is 0 Å². The fraction of sp³-hybridized carbons (Fsp3) is 0.0476. The summed E-state index contributed by atoms with van der Waals surface area (Å²) in [5, 5.41) is 7.26. The molecule has 2 aromatic heterocycles. The molecule has 0 saturated carbocycles. The number of hydrogen-bond acceptors (Lipinski definition) is 6. The standard InChI is InChI=1S/C21H15ClN4O3/c22-16-5-1-2-7-18(16)28-13-19-25-20(26-29-19)14-8-10-15(11-9-14)24-21(27)17-6-3-4-12-23-17/h1-12H,13H2,(H,24,27). The normalized spacial score (nSPS) is 10.5. The fourth-order valence-electron chi connectivity index (χ4n) is 2.53. The van der Waals surface area contributed by atoms with Crippen LogP contribution in [0.3, 0.4) is 0 Å². The lowest BCUT2D eigenvalue weighted by molar-refractivity contribution is 0.102. The summed E-state index contributed by atoms with van der Waals surface area (Å²) in [4.78, 5) is 20.5. The van der Waals surface area contributed by atoms with Crippen LogP contribution in [0, 0.1) is 0 Å². The van der Waals surface area contributed by atoms with Gasteiger partial charge >= 0.3 is 0 Å². The van der Waals surface area contributed by atoms with Gasteiger partial charge in [-0.25, -0.2) is 0 Å². The molecule has 144 valence electrons. The number of rotatable bonds is 6. The number of para-hydroxylation sites is 1. The summed E-state index contributed by atoms with van der Waals surface area (Å²) in [6.45, 7) is 0.106. The van der Waals surface area contributed by atoms with E-state index in [1.807, 2.05) is 12.1 Å². The second-order valence-electron chi connectivity index (χ2n) is 5.98.